The lowest BCUT2D eigenvalue weighted by atomic mass is 10.1. The molecule has 0 aliphatic carbocycles. The fraction of sp³-hybridized carbons (Fsp3) is 0.824. The Labute approximate surface area is 124 Å². The summed E-state index contributed by atoms with van der Waals surface area (Å²) in [5.74, 6) is 0.341. The van der Waals surface area contributed by atoms with Crippen molar-refractivity contribution in [1.82, 2.24) is 10.2 Å². The molecule has 1 N–H and O–H groups in total. The first-order valence-corrected chi connectivity index (χ1v) is 8.39. The second kappa shape index (κ2) is 9.84. The zero-order valence-electron chi connectivity index (χ0n) is 13.4. The monoisotopic (exact) mass is 280 g/mol. The van der Waals surface area contributed by atoms with Gasteiger partial charge in [-0.25, -0.2) is 0 Å². The molecule has 116 valence electrons. The molecule has 1 atom stereocenters. The largest absolute Gasteiger partial charge is 0.374 e. The summed E-state index contributed by atoms with van der Waals surface area (Å²) in [5.41, 5.74) is 1.15. The molecular weight excluding hydrogens is 248 g/mol. The molecule has 1 aliphatic heterocycles. The maximum Gasteiger partial charge on any atom is 0.225 e. The standard InChI is InChI=1S/C17H32N2O/c1-4-6-8-10-12-19-14-16(13-15(19)3)17(20)18-11-9-7-5-2/h16H,3-14H2,1-2H3,(H,18,20). The van der Waals surface area contributed by atoms with Crippen molar-refractivity contribution in [3.63, 3.8) is 0 Å². The average Bonchev–Trinajstić information content (AvgIpc) is 2.81. The van der Waals surface area contributed by atoms with Crippen LogP contribution in [0.15, 0.2) is 12.3 Å². The van der Waals surface area contributed by atoms with Gasteiger partial charge in [0.25, 0.3) is 0 Å². The van der Waals surface area contributed by atoms with Crippen molar-refractivity contribution in [2.24, 2.45) is 5.92 Å². The predicted octanol–water partition coefficient (Wildman–Crippen LogP) is 3.71. The van der Waals surface area contributed by atoms with Crippen LogP contribution in [0.2, 0.25) is 0 Å². The van der Waals surface area contributed by atoms with Crippen LogP contribution in [-0.4, -0.2) is 30.4 Å². The van der Waals surface area contributed by atoms with Gasteiger partial charge in [0, 0.05) is 25.3 Å². The Morgan fingerprint density at radius 1 is 1.20 bits per heavy atom. The van der Waals surface area contributed by atoms with Gasteiger partial charge in [-0.3, -0.25) is 4.79 Å². The minimum Gasteiger partial charge on any atom is -0.374 e. The number of hydrogen-bond donors (Lipinski definition) is 1. The summed E-state index contributed by atoms with van der Waals surface area (Å²) >= 11 is 0. The van der Waals surface area contributed by atoms with Crippen molar-refractivity contribution in [3.8, 4) is 0 Å². The highest BCUT2D eigenvalue weighted by atomic mass is 16.1. The number of hydrogen-bond acceptors (Lipinski definition) is 2. The van der Waals surface area contributed by atoms with Crippen LogP contribution in [0.25, 0.3) is 0 Å². The second-order valence-corrected chi connectivity index (χ2v) is 5.97. The van der Waals surface area contributed by atoms with Crippen LogP contribution in [0.5, 0.6) is 0 Å². The van der Waals surface area contributed by atoms with Gasteiger partial charge in [-0.1, -0.05) is 52.5 Å². The molecule has 0 aromatic rings. The average molecular weight is 280 g/mol. The minimum atomic E-state index is 0.121. The number of nitrogens with zero attached hydrogens (tertiary/aromatic N) is 1. The highest BCUT2D eigenvalue weighted by molar-refractivity contribution is 5.79. The van der Waals surface area contributed by atoms with Gasteiger partial charge in [0.05, 0.1) is 5.92 Å². The van der Waals surface area contributed by atoms with Crippen LogP contribution in [0.4, 0.5) is 0 Å². The molecule has 20 heavy (non-hydrogen) atoms. The second-order valence-electron chi connectivity index (χ2n) is 5.97. The van der Waals surface area contributed by atoms with Gasteiger partial charge >= 0.3 is 0 Å². The van der Waals surface area contributed by atoms with Gasteiger partial charge in [0.15, 0.2) is 0 Å². The molecule has 1 saturated heterocycles. The van der Waals surface area contributed by atoms with E-state index in [1.165, 1.54) is 38.5 Å². The maximum absolute atomic E-state index is 12.1. The molecule has 0 bridgehead atoms. The first kappa shape index (κ1) is 17.1. The number of unbranched alkanes of at least 4 members (excludes halogenated alkanes) is 5. The highest BCUT2D eigenvalue weighted by Crippen LogP contribution is 2.25. The molecule has 1 unspecified atom stereocenters. The van der Waals surface area contributed by atoms with Crippen molar-refractivity contribution in [2.75, 3.05) is 19.6 Å². The molecule has 1 rings (SSSR count). The molecule has 1 amide bonds. The summed E-state index contributed by atoms with van der Waals surface area (Å²) < 4.78 is 0. The van der Waals surface area contributed by atoms with Crippen LogP contribution < -0.4 is 5.32 Å². The SMILES string of the molecule is C=C1CC(C(=O)NCCCCC)CN1CCCCCC. The van der Waals surface area contributed by atoms with Crippen molar-refractivity contribution >= 4 is 5.91 Å². The lowest BCUT2D eigenvalue weighted by molar-refractivity contribution is -0.124. The molecule has 3 heteroatoms. The van der Waals surface area contributed by atoms with Gasteiger partial charge in [0.2, 0.25) is 5.91 Å². The summed E-state index contributed by atoms with van der Waals surface area (Å²) in [6.45, 7) is 11.3. The van der Waals surface area contributed by atoms with E-state index in [0.717, 1.165) is 38.2 Å². The number of rotatable bonds is 10. The van der Waals surface area contributed by atoms with E-state index >= 15 is 0 Å². The van der Waals surface area contributed by atoms with Crippen LogP contribution in [0.3, 0.4) is 0 Å². The number of amides is 1. The maximum atomic E-state index is 12.1. The Hall–Kier alpha value is -0.990. The zero-order chi connectivity index (χ0) is 14.8. The zero-order valence-corrected chi connectivity index (χ0v) is 13.4. The molecule has 1 fully saturated rings. The van der Waals surface area contributed by atoms with E-state index < -0.39 is 0 Å². The van der Waals surface area contributed by atoms with Crippen molar-refractivity contribution in [2.45, 2.75) is 65.2 Å². The molecule has 0 aromatic carbocycles. The molecule has 0 radical (unpaired) electrons. The molecule has 0 spiro atoms. The quantitative estimate of drug-likeness (QED) is 0.619. The van der Waals surface area contributed by atoms with Gasteiger partial charge in [-0.2, -0.15) is 0 Å². The van der Waals surface area contributed by atoms with Gasteiger partial charge in [0.1, 0.15) is 0 Å². The molecule has 3 nitrogen and oxygen atoms in total. The predicted molar refractivity (Wildman–Crippen MR) is 85.5 cm³/mol. The van der Waals surface area contributed by atoms with E-state index in [4.69, 9.17) is 0 Å². The Bertz CT molecular complexity index is 301. The molecule has 1 heterocycles. The van der Waals surface area contributed by atoms with Crippen LogP contribution in [0, 0.1) is 5.92 Å². The lowest BCUT2D eigenvalue weighted by Crippen LogP contribution is -2.33. The Kier molecular flexibility index (Phi) is 8.40. The van der Waals surface area contributed by atoms with Crippen molar-refractivity contribution < 1.29 is 4.79 Å². The van der Waals surface area contributed by atoms with E-state index in [-0.39, 0.29) is 11.8 Å². The third kappa shape index (κ3) is 5.98. The Morgan fingerprint density at radius 2 is 1.90 bits per heavy atom. The van der Waals surface area contributed by atoms with Crippen LogP contribution in [0.1, 0.15) is 65.2 Å². The highest BCUT2D eigenvalue weighted by Gasteiger charge is 2.29. The summed E-state index contributed by atoms with van der Waals surface area (Å²) in [6.07, 6.45) is 9.41. The normalized spacial score (nSPS) is 18.6. The molecule has 1 aliphatic rings. The first-order chi connectivity index (χ1) is 9.69. The molecule has 0 aromatic heterocycles. The third-order valence-corrected chi connectivity index (χ3v) is 4.10. The first-order valence-electron chi connectivity index (χ1n) is 8.39. The fourth-order valence-corrected chi connectivity index (χ4v) is 2.76. The van der Waals surface area contributed by atoms with E-state index in [9.17, 15) is 4.79 Å². The topological polar surface area (TPSA) is 32.3 Å². The Balaban J connectivity index is 2.22. The number of allylic oxidation sites excluding steroid dienone is 1. The van der Waals surface area contributed by atoms with Gasteiger partial charge in [-0.15, -0.1) is 0 Å². The number of carbonyl (C=O) groups is 1. The summed E-state index contributed by atoms with van der Waals surface area (Å²) in [5, 5.41) is 3.07. The molecule has 0 saturated carbocycles. The van der Waals surface area contributed by atoms with E-state index in [1.807, 2.05) is 0 Å². The lowest BCUT2D eigenvalue weighted by Gasteiger charge is -2.19. The molecular formula is C17H32N2O. The summed E-state index contributed by atoms with van der Waals surface area (Å²) in [7, 11) is 0. The summed E-state index contributed by atoms with van der Waals surface area (Å²) in [6, 6.07) is 0. The smallest absolute Gasteiger partial charge is 0.225 e. The van der Waals surface area contributed by atoms with Crippen LogP contribution >= 0.6 is 0 Å². The van der Waals surface area contributed by atoms with Gasteiger partial charge < -0.3 is 10.2 Å². The Morgan fingerprint density at radius 3 is 2.60 bits per heavy atom. The van der Waals surface area contributed by atoms with E-state index in [0.29, 0.717) is 0 Å². The number of likely N-dealkylation sites (tertiary alicyclic amines) is 1. The van der Waals surface area contributed by atoms with Crippen LogP contribution in [-0.2, 0) is 4.79 Å². The fourth-order valence-electron chi connectivity index (χ4n) is 2.76. The third-order valence-electron chi connectivity index (χ3n) is 4.10. The van der Waals surface area contributed by atoms with E-state index in [2.05, 4.69) is 30.6 Å². The van der Waals surface area contributed by atoms with Gasteiger partial charge in [-0.05, 0) is 19.3 Å². The van der Waals surface area contributed by atoms with E-state index in [1.54, 1.807) is 0 Å². The van der Waals surface area contributed by atoms with Crippen molar-refractivity contribution in [1.29, 1.82) is 0 Å². The number of nitrogens with one attached hydrogen (secondary N) is 1. The summed E-state index contributed by atoms with van der Waals surface area (Å²) in [4.78, 5) is 14.4. The van der Waals surface area contributed by atoms with Crippen molar-refractivity contribution in [3.05, 3.63) is 12.3 Å². The minimum absolute atomic E-state index is 0.121. The number of carbonyl (C=O) groups excluding carboxylic acids is 1.